The Morgan fingerprint density at radius 1 is 0.897 bits per heavy atom. The van der Waals surface area contributed by atoms with Crippen molar-refractivity contribution in [3.8, 4) is 5.75 Å². The molecule has 150 valence electrons. The van der Waals surface area contributed by atoms with Gasteiger partial charge in [0.25, 0.3) is 15.9 Å². The van der Waals surface area contributed by atoms with Gasteiger partial charge >= 0.3 is 0 Å². The summed E-state index contributed by atoms with van der Waals surface area (Å²) in [6.07, 6.45) is 0. The van der Waals surface area contributed by atoms with Gasteiger partial charge in [0.15, 0.2) is 0 Å². The molecule has 9 heteroatoms. The third kappa shape index (κ3) is 5.00. The summed E-state index contributed by atoms with van der Waals surface area (Å²) < 4.78 is 33.4. The summed E-state index contributed by atoms with van der Waals surface area (Å²) in [6.45, 7) is 0. The Balaban J connectivity index is 1.98. The molecule has 0 atom stereocenters. The molecule has 29 heavy (non-hydrogen) atoms. The molecular formula is C20H16Cl2N2O4S. The van der Waals surface area contributed by atoms with E-state index in [0.29, 0.717) is 22.1 Å². The minimum absolute atomic E-state index is 0.0844. The van der Waals surface area contributed by atoms with Crippen LogP contribution in [0.1, 0.15) is 10.4 Å². The molecule has 0 aliphatic carbocycles. The highest BCUT2D eigenvalue weighted by atomic mass is 35.5. The molecule has 3 rings (SSSR count). The first-order valence-corrected chi connectivity index (χ1v) is 10.6. The lowest BCUT2D eigenvalue weighted by Gasteiger charge is -2.14. The molecule has 0 unspecified atom stereocenters. The Hall–Kier alpha value is -2.74. The van der Waals surface area contributed by atoms with Gasteiger partial charge in [-0.15, -0.1) is 0 Å². The summed E-state index contributed by atoms with van der Waals surface area (Å²) in [4.78, 5) is 12.7. The number of ether oxygens (including phenoxy) is 1. The maximum Gasteiger partial charge on any atom is 0.262 e. The van der Waals surface area contributed by atoms with Crippen molar-refractivity contribution in [1.29, 1.82) is 0 Å². The first kappa shape index (κ1) is 21.0. The number of carbonyl (C=O) groups excluding carboxylic acids is 1. The van der Waals surface area contributed by atoms with Crippen LogP contribution in [0.3, 0.4) is 0 Å². The van der Waals surface area contributed by atoms with Crippen molar-refractivity contribution in [2.75, 3.05) is 17.1 Å². The van der Waals surface area contributed by atoms with Gasteiger partial charge in [0.2, 0.25) is 0 Å². The molecule has 3 aromatic carbocycles. The topological polar surface area (TPSA) is 84.5 Å². The highest BCUT2D eigenvalue weighted by Gasteiger charge is 2.24. The van der Waals surface area contributed by atoms with Gasteiger partial charge in [-0.25, -0.2) is 8.42 Å². The van der Waals surface area contributed by atoms with Crippen LogP contribution >= 0.6 is 23.2 Å². The van der Waals surface area contributed by atoms with Gasteiger partial charge in [0.1, 0.15) is 10.6 Å². The fraction of sp³-hybridized carbons (Fsp3) is 0.0500. The second-order valence-electron chi connectivity index (χ2n) is 5.92. The number of sulfonamides is 1. The molecule has 0 saturated heterocycles. The van der Waals surface area contributed by atoms with E-state index in [1.165, 1.54) is 37.4 Å². The molecule has 6 nitrogen and oxygen atoms in total. The van der Waals surface area contributed by atoms with Gasteiger partial charge in [-0.05, 0) is 48.5 Å². The van der Waals surface area contributed by atoms with Gasteiger partial charge in [0.05, 0.1) is 22.7 Å². The summed E-state index contributed by atoms with van der Waals surface area (Å²) in [5, 5.41) is 3.22. The third-order valence-electron chi connectivity index (χ3n) is 3.92. The molecule has 1 amide bonds. The predicted molar refractivity (Wildman–Crippen MR) is 115 cm³/mol. The average molecular weight is 451 g/mol. The van der Waals surface area contributed by atoms with Crippen LogP contribution in [-0.4, -0.2) is 21.4 Å². The lowest BCUT2D eigenvalue weighted by molar-refractivity contribution is 0.102. The number of carbonyl (C=O) groups is 1. The van der Waals surface area contributed by atoms with Crippen molar-refractivity contribution in [3.63, 3.8) is 0 Å². The first-order chi connectivity index (χ1) is 13.8. The summed E-state index contributed by atoms with van der Waals surface area (Å²) >= 11 is 11.9. The van der Waals surface area contributed by atoms with E-state index in [1.54, 1.807) is 36.4 Å². The van der Waals surface area contributed by atoms with Gasteiger partial charge < -0.3 is 10.1 Å². The molecule has 0 bridgehead atoms. The van der Waals surface area contributed by atoms with Gasteiger partial charge in [-0.3, -0.25) is 9.52 Å². The Bertz CT molecular complexity index is 1150. The fourth-order valence-corrected chi connectivity index (χ4v) is 4.08. The molecule has 3 aromatic rings. The smallest absolute Gasteiger partial charge is 0.262 e. The minimum atomic E-state index is -4.03. The number of halogens is 2. The molecule has 0 aliphatic rings. The van der Waals surface area contributed by atoms with E-state index in [9.17, 15) is 13.2 Å². The Morgan fingerprint density at radius 2 is 1.62 bits per heavy atom. The number of anilines is 2. The molecule has 0 spiro atoms. The molecule has 0 aliphatic heterocycles. The fourth-order valence-electron chi connectivity index (χ4n) is 2.54. The van der Waals surface area contributed by atoms with Crippen molar-refractivity contribution >= 4 is 50.5 Å². The normalized spacial score (nSPS) is 11.0. The highest BCUT2D eigenvalue weighted by Crippen LogP contribution is 2.28. The number of nitrogens with one attached hydrogen (secondary N) is 2. The average Bonchev–Trinajstić information content (AvgIpc) is 2.70. The van der Waals surface area contributed by atoms with Gasteiger partial charge in [-0.2, -0.15) is 0 Å². The van der Waals surface area contributed by atoms with Crippen molar-refractivity contribution in [2.45, 2.75) is 4.90 Å². The van der Waals surface area contributed by atoms with Crippen molar-refractivity contribution in [3.05, 3.63) is 82.3 Å². The Kier molecular flexibility index (Phi) is 6.32. The second kappa shape index (κ2) is 8.73. The maximum absolute atomic E-state index is 12.9. The molecular weight excluding hydrogens is 435 g/mol. The van der Waals surface area contributed by atoms with E-state index in [0.717, 1.165) is 0 Å². The maximum atomic E-state index is 12.9. The summed E-state index contributed by atoms with van der Waals surface area (Å²) in [5.74, 6) is -0.307. The summed E-state index contributed by atoms with van der Waals surface area (Å²) in [5.41, 5.74) is 0.657. The van der Waals surface area contributed by atoms with E-state index >= 15 is 0 Å². The number of para-hydroxylation sites is 1. The van der Waals surface area contributed by atoms with Crippen LogP contribution < -0.4 is 14.8 Å². The zero-order valence-electron chi connectivity index (χ0n) is 15.1. The molecule has 0 heterocycles. The number of hydrogen-bond acceptors (Lipinski definition) is 4. The SMILES string of the molecule is COc1ccc(S(=O)(=O)Nc2ccccc2)c(C(=O)Nc2ccc(Cl)c(Cl)c2)c1. The van der Waals surface area contributed by atoms with E-state index in [1.807, 2.05) is 0 Å². The number of benzene rings is 3. The summed E-state index contributed by atoms with van der Waals surface area (Å²) in [7, 11) is -2.61. The predicted octanol–water partition coefficient (Wildman–Crippen LogP) is 5.06. The molecule has 2 N–H and O–H groups in total. The molecule has 0 aromatic heterocycles. The summed E-state index contributed by atoms with van der Waals surface area (Å²) in [6, 6.07) is 17.1. The van der Waals surface area contributed by atoms with E-state index in [4.69, 9.17) is 27.9 Å². The largest absolute Gasteiger partial charge is 0.497 e. The third-order valence-corrected chi connectivity index (χ3v) is 6.10. The van der Waals surface area contributed by atoms with Gasteiger partial charge in [0, 0.05) is 11.4 Å². The molecule has 0 fully saturated rings. The van der Waals surface area contributed by atoms with E-state index in [-0.39, 0.29) is 15.5 Å². The van der Waals surface area contributed by atoms with Crippen LogP contribution in [-0.2, 0) is 10.0 Å². The second-order valence-corrected chi connectivity index (χ2v) is 8.38. The van der Waals surface area contributed by atoms with Crippen LogP contribution in [0.5, 0.6) is 5.75 Å². The highest BCUT2D eigenvalue weighted by molar-refractivity contribution is 7.92. The van der Waals surface area contributed by atoms with Crippen LogP contribution in [0, 0.1) is 0 Å². The zero-order chi connectivity index (χ0) is 21.0. The number of methoxy groups -OCH3 is 1. The van der Waals surface area contributed by atoms with E-state index in [2.05, 4.69) is 10.0 Å². The number of amides is 1. The van der Waals surface area contributed by atoms with Gasteiger partial charge in [-0.1, -0.05) is 41.4 Å². The molecule has 0 saturated carbocycles. The molecule has 0 radical (unpaired) electrons. The van der Waals surface area contributed by atoms with Crippen molar-refractivity contribution in [2.24, 2.45) is 0 Å². The zero-order valence-corrected chi connectivity index (χ0v) is 17.5. The Morgan fingerprint density at radius 3 is 2.28 bits per heavy atom. The quantitative estimate of drug-likeness (QED) is 0.549. The number of rotatable bonds is 6. The van der Waals surface area contributed by atoms with Crippen molar-refractivity contribution < 1.29 is 17.9 Å². The van der Waals surface area contributed by atoms with Crippen molar-refractivity contribution in [1.82, 2.24) is 0 Å². The van der Waals surface area contributed by atoms with Crippen LogP contribution in [0.25, 0.3) is 0 Å². The van der Waals surface area contributed by atoms with Crippen LogP contribution in [0.2, 0.25) is 10.0 Å². The standard InChI is InChI=1S/C20H16Cl2N2O4S/c1-28-15-8-10-19(29(26,27)24-13-5-3-2-4-6-13)16(12-15)20(25)23-14-7-9-17(21)18(22)11-14/h2-12,24H,1H3,(H,23,25). The lowest BCUT2D eigenvalue weighted by Crippen LogP contribution is -2.20. The van der Waals surface area contributed by atoms with Crippen LogP contribution in [0.15, 0.2) is 71.6 Å². The minimum Gasteiger partial charge on any atom is -0.497 e. The number of hydrogen-bond donors (Lipinski definition) is 2. The monoisotopic (exact) mass is 450 g/mol. The first-order valence-electron chi connectivity index (χ1n) is 8.32. The van der Waals surface area contributed by atoms with E-state index < -0.39 is 15.9 Å². The Labute approximate surface area is 178 Å². The lowest BCUT2D eigenvalue weighted by atomic mass is 10.2. The van der Waals surface area contributed by atoms with Crippen LogP contribution in [0.4, 0.5) is 11.4 Å².